The summed E-state index contributed by atoms with van der Waals surface area (Å²) in [4.78, 5) is 0. The summed E-state index contributed by atoms with van der Waals surface area (Å²) in [6.45, 7) is 6.12. The Hall–Kier alpha value is -0.900. The smallest absolute Gasteiger partial charge is 0.0740 e. The van der Waals surface area contributed by atoms with E-state index in [1.54, 1.807) is 0 Å². The van der Waals surface area contributed by atoms with Gasteiger partial charge in [-0.1, -0.05) is 37.3 Å². The maximum Gasteiger partial charge on any atom is 0.0740 e. The molecule has 2 N–H and O–H groups in total. The summed E-state index contributed by atoms with van der Waals surface area (Å²) in [5.41, 5.74) is 7.22. The minimum Gasteiger partial charge on any atom is -0.379 e. The molecule has 96 valence electrons. The molecule has 0 aromatic heterocycles. The Kier molecular flexibility index (Phi) is 6.86. The van der Waals surface area contributed by atoms with Crippen LogP contribution in [0.4, 0.5) is 0 Å². The minimum atomic E-state index is -0.0811. The monoisotopic (exact) mass is 237 g/mol. The van der Waals surface area contributed by atoms with Gasteiger partial charge in [-0.15, -0.1) is 0 Å². The molecule has 0 saturated heterocycles. The molecule has 3 nitrogen and oxygen atoms in total. The summed E-state index contributed by atoms with van der Waals surface area (Å²) in [6.07, 6.45) is 1.04. The average molecular weight is 237 g/mol. The second-order valence-corrected chi connectivity index (χ2v) is 4.12. The van der Waals surface area contributed by atoms with Crippen molar-refractivity contribution in [3.8, 4) is 0 Å². The number of ether oxygens (including phenoxy) is 2. The Labute approximate surface area is 104 Å². The highest BCUT2D eigenvalue weighted by atomic mass is 16.5. The number of rotatable bonds is 8. The van der Waals surface area contributed by atoms with Gasteiger partial charge in [-0.25, -0.2) is 0 Å². The zero-order valence-electron chi connectivity index (χ0n) is 10.8. The van der Waals surface area contributed by atoms with E-state index in [1.807, 2.05) is 37.3 Å². The van der Waals surface area contributed by atoms with E-state index in [0.717, 1.165) is 18.6 Å². The molecule has 0 saturated carbocycles. The van der Waals surface area contributed by atoms with E-state index in [0.29, 0.717) is 13.2 Å². The van der Waals surface area contributed by atoms with Crippen LogP contribution in [0.1, 0.15) is 31.9 Å². The number of hydrogen-bond donors (Lipinski definition) is 1. The van der Waals surface area contributed by atoms with E-state index in [2.05, 4.69) is 6.92 Å². The highest BCUT2D eigenvalue weighted by Gasteiger charge is 2.14. The molecule has 1 aromatic rings. The molecule has 0 aliphatic carbocycles. The molecule has 2 atom stereocenters. The van der Waals surface area contributed by atoms with Gasteiger partial charge in [0.15, 0.2) is 0 Å². The van der Waals surface area contributed by atoms with E-state index in [-0.39, 0.29) is 12.1 Å². The fraction of sp³-hybridized carbons (Fsp3) is 0.571. The molecule has 0 spiro atoms. The highest BCUT2D eigenvalue weighted by Crippen LogP contribution is 2.15. The summed E-state index contributed by atoms with van der Waals surface area (Å²) in [7, 11) is 0. The predicted molar refractivity (Wildman–Crippen MR) is 69.9 cm³/mol. The third-order valence-corrected chi connectivity index (χ3v) is 2.65. The maximum atomic E-state index is 6.11. The Morgan fingerprint density at radius 3 is 2.47 bits per heavy atom. The molecule has 0 radical (unpaired) electrons. The molecule has 0 heterocycles. The van der Waals surface area contributed by atoms with Gasteiger partial charge in [0.1, 0.15) is 0 Å². The molecule has 0 amide bonds. The summed E-state index contributed by atoms with van der Waals surface area (Å²) >= 11 is 0. The van der Waals surface area contributed by atoms with Crippen molar-refractivity contribution in [3.05, 3.63) is 35.9 Å². The topological polar surface area (TPSA) is 44.5 Å². The minimum absolute atomic E-state index is 0.00243. The first-order valence-electron chi connectivity index (χ1n) is 6.25. The standard InChI is InChI=1S/C14H23NO2/c1-3-9-16-10-11-17-12(2)14(15)13-7-5-4-6-8-13/h4-8,12,14H,3,9-11,15H2,1-2H3. The Morgan fingerprint density at radius 2 is 1.82 bits per heavy atom. The Balaban J connectivity index is 2.25. The molecule has 0 aliphatic heterocycles. The lowest BCUT2D eigenvalue weighted by molar-refractivity contribution is 0.00215. The number of benzene rings is 1. The van der Waals surface area contributed by atoms with Crippen LogP contribution in [0, 0.1) is 0 Å². The van der Waals surface area contributed by atoms with E-state index in [1.165, 1.54) is 0 Å². The van der Waals surface area contributed by atoms with E-state index < -0.39 is 0 Å². The van der Waals surface area contributed by atoms with E-state index in [4.69, 9.17) is 15.2 Å². The van der Waals surface area contributed by atoms with Crippen molar-refractivity contribution in [1.82, 2.24) is 0 Å². The highest BCUT2D eigenvalue weighted by molar-refractivity contribution is 5.19. The van der Waals surface area contributed by atoms with E-state index >= 15 is 0 Å². The lowest BCUT2D eigenvalue weighted by Gasteiger charge is -2.20. The van der Waals surface area contributed by atoms with Crippen LogP contribution in [0.15, 0.2) is 30.3 Å². The summed E-state index contributed by atoms with van der Waals surface area (Å²) < 4.78 is 11.0. The van der Waals surface area contributed by atoms with Gasteiger partial charge >= 0.3 is 0 Å². The second kappa shape index (κ2) is 8.23. The van der Waals surface area contributed by atoms with Crippen LogP contribution in [-0.4, -0.2) is 25.9 Å². The van der Waals surface area contributed by atoms with Gasteiger partial charge < -0.3 is 15.2 Å². The molecule has 0 aliphatic rings. The van der Waals surface area contributed by atoms with Crippen LogP contribution in [0.2, 0.25) is 0 Å². The van der Waals surface area contributed by atoms with Gasteiger partial charge in [-0.2, -0.15) is 0 Å². The van der Waals surface area contributed by atoms with Gasteiger partial charge in [0.05, 0.1) is 25.4 Å². The van der Waals surface area contributed by atoms with Crippen molar-refractivity contribution in [2.24, 2.45) is 5.73 Å². The SMILES string of the molecule is CCCOCCOC(C)C(N)c1ccccc1. The molecule has 0 bridgehead atoms. The van der Waals surface area contributed by atoms with Crippen LogP contribution in [0.5, 0.6) is 0 Å². The van der Waals surface area contributed by atoms with Crippen molar-refractivity contribution in [2.45, 2.75) is 32.4 Å². The predicted octanol–water partition coefficient (Wildman–Crippen LogP) is 2.52. The van der Waals surface area contributed by atoms with Gasteiger partial charge in [0, 0.05) is 6.61 Å². The van der Waals surface area contributed by atoms with Crippen molar-refractivity contribution >= 4 is 0 Å². The molecule has 2 unspecified atom stereocenters. The van der Waals surface area contributed by atoms with Crippen LogP contribution in [0.25, 0.3) is 0 Å². The molecular weight excluding hydrogens is 214 g/mol. The summed E-state index contributed by atoms with van der Waals surface area (Å²) in [5, 5.41) is 0. The molecule has 1 rings (SSSR count). The first kappa shape index (κ1) is 14.2. The second-order valence-electron chi connectivity index (χ2n) is 4.12. The van der Waals surface area contributed by atoms with Crippen LogP contribution in [0.3, 0.4) is 0 Å². The normalized spacial score (nSPS) is 14.5. The third kappa shape index (κ3) is 5.31. The maximum absolute atomic E-state index is 6.11. The molecule has 0 fully saturated rings. The lowest BCUT2D eigenvalue weighted by Crippen LogP contribution is -2.27. The van der Waals surface area contributed by atoms with Crippen molar-refractivity contribution < 1.29 is 9.47 Å². The lowest BCUT2D eigenvalue weighted by atomic mass is 10.0. The Bertz CT molecular complexity index is 290. The molecule has 3 heteroatoms. The van der Waals surface area contributed by atoms with Gasteiger partial charge in [-0.3, -0.25) is 0 Å². The van der Waals surface area contributed by atoms with Gasteiger partial charge in [0.25, 0.3) is 0 Å². The van der Waals surface area contributed by atoms with Gasteiger partial charge in [-0.05, 0) is 18.9 Å². The van der Waals surface area contributed by atoms with E-state index in [9.17, 15) is 0 Å². The van der Waals surface area contributed by atoms with Crippen LogP contribution >= 0.6 is 0 Å². The fourth-order valence-electron chi connectivity index (χ4n) is 1.59. The zero-order valence-corrected chi connectivity index (χ0v) is 10.8. The number of nitrogens with two attached hydrogens (primary N) is 1. The zero-order chi connectivity index (χ0) is 12.5. The summed E-state index contributed by atoms with van der Waals surface area (Å²) in [6, 6.07) is 9.94. The van der Waals surface area contributed by atoms with Crippen LogP contribution < -0.4 is 5.73 Å². The van der Waals surface area contributed by atoms with Crippen molar-refractivity contribution in [1.29, 1.82) is 0 Å². The molecule has 1 aromatic carbocycles. The first-order valence-corrected chi connectivity index (χ1v) is 6.25. The van der Waals surface area contributed by atoms with Crippen molar-refractivity contribution in [3.63, 3.8) is 0 Å². The van der Waals surface area contributed by atoms with Crippen molar-refractivity contribution in [2.75, 3.05) is 19.8 Å². The average Bonchev–Trinajstić information content (AvgIpc) is 2.38. The third-order valence-electron chi connectivity index (χ3n) is 2.65. The summed E-state index contributed by atoms with van der Waals surface area (Å²) in [5.74, 6) is 0. The first-order chi connectivity index (χ1) is 8.25. The fourth-order valence-corrected chi connectivity index (χ4v) is 1.59. The molecular formula is C14H23NO2. The quantitative estimate of drug-likeness (QED) is 0.707. The number of hydrogen-bond acceptors (Lipinski definition) is 3. The van der Waals surface area contributed by atoms with Gasteiger partial charge in [0.2, 0.25) is 0 Å². The Morgan fingerprint density at radius 1 is 1.12 bits per heavy atom. The molecule has 17 heavy (non-hydrogen) atoms. The largest absolute Gasteiger partial charge is 0.379 e. The van der Waals surface area contributed by atoms with Crippen LogP contribution in [-0.2, 0) is 9.47 Å².